The number of carbonyl (C=O) groups is 1. The van der Waals surface area contributed by atoms with Crippen LogP contribution in [0.2, 0.25) is 5.02 Å². The summed E-state index contributed by atoms with van der Waals surface area (Å²) in [6.07, 6.45) is -3.41. The van der Waals surface area contributed by atoms with E-state index in [0.717, 1.165) is 18.3 Å². The summed E-state index contributed by atoms with van der Waals surface area (Å²) < 4.78 is 49.1. The largest absolute Gasteiger partial charge is 0.495 e. The van der Waals surface area contributed by atoms with Crippen molar-refractivity contribution in [1.82, 2.24) is 9.88 Å². The lowest BCUT2D eigenvalue weighted by Crippen LogP contribution is -2.34. The first-order valence-corrected chi connectivity index (χ1v) is 8.73. The van der Waals surface area contributed by atoms with Gasteiger partial charge in [-0.05, 0) is 24.3 Å². The minimum absolute atomic E-state index is 0.126. The highest BCUT2D eigenvalue weighted by molar-refractivity contribution is 6.31. The fourth-order valence-corrected chi connectivity index (χ4v) is 2.97. The summed E-state index contributed by atoms with van der Waals surface area (Å²) >= 11 is 5.95. The second-order valence-corrected chi connectivity index (χ2v) is 6.57. The average molecular weight is 416 g/mol. The molecule has 1 saturated heterocycles. The molecule has 3 rings (SSSR count). The van der Waals surface area contributed by atoms with Crippen LogP contribution in [0.15, 0.2) is 36.5 Å². The van der Waals surface area contributed by atoms with E-state index in [1.54, 1.807) is 18.2 Å². The molecular weight excluding hydrogens is 399 g/mol. The van der Waals surface area contributed by atoms with Crippen molar-refractivity contribution in [2.45, 2.75) is 18.7 Å². The SMILES string of the molecule is COc1ccc(Cl)cc1NC(=O)N1CCC(Oc2cc(C(F)(F)F)ccn2)C1. The summed E-state index contributed by atoms with van der Waals surface area (Å²) in [7, 11) is 1.47. The number of urea groups is 1. The van der Waals surface area contributed by atoms with E-state index in [-0.39, 0.29) is 18.5 Å². The number of alkyl halides is 3. The topological polar surface area (TPSA) is 63.7 Å². The number of anilines is 1. The lowest BCUT2D eigenvalue weighted by Gasteiger charge is -2.19. The molecule has 2 heterocycles. The number of nitrogens with one attached hydrogen (secondary N) is 1. The van der Waals surface area contributed by atoms with Crippen LogP contribution in [0.1, 0.15) is 12.0 Å². The zero-order chi connectivity index (χ0) is 20.3. The van der Waals surface area contributed by atoms with Crippen LogP contribution >= 0.6 is 11.6 Å². The number of hydrogen-bond acceptors (Lipinski definition) is 4. The molecule has 0 radical (unpaired) electrons. The molecule has 1 aromatic heterocycles. The van der Waals surface area contributed by atoms with Gasteiger partial charge in [-0.1, -0.05) is 11.6 Å². The van der Waals surface area contributed by atoms with E-state index in [0.29, 0.717) is 29.4 Å². The molecule has 1 aromatic carbocycles. The van der Waals surface area contributed by atoms with Gasteiger partial charge < -0.3 is 19.7 Å². The highest BCUT2D eigenvalue weighted by atomic mass is 35.5. The van der Waals surface area contributed by atoms with E-state index >= 15 is 0 Å². The van der Waals surface area contributed by atoms with Gasteiger partial charge in [0.05, 0.1) is 24.9 Å². The molecule has 6 nitrogen and oxygen atoms in total. The van der Waals surface area contributed by atoms with Crippen LogP contribution in [-0.4, -0.2) is 42.2 Å². The molecule has 0 aliphatic carbocycles. The predicted molar refractivity (Wildman–Crippen MR) is 96.9 cm³/mol. The number of aromatic nitrogens is 1. The summed E-state index contributed by atoms with van der Waals surface area (Å²) in [5, 5.41) is 3.15. The molecule has 150 valence electrons. The van der Waals surface area contributed by atoms with Crippen LogP contribution < -0.4 is 14.8 Å². The van der Waals surface area contributed by atoms with Gasteiger partial charge in [0.25, 0.3) is 0 Å². The monoisotopic (exact) mass is 415 g/mol. The lowest BCUT2D eigenvalue weighted by molar-refractivity contribution is -0.137. The van der Waals surface area contributed by atoms with E-state index < -0.39 is 17.8 Å². The number of halogens is 4. The fourth-order valence-electron chi connectivity index (χ4n) is 2.80. The zero-order valence-corrected chi connectivity index (χ0v) is 15.5. The number of rotatable bonds is 4. The third kappa shape index (κ3) is 4.78. The first-order chi connectivity index (χ1) is 13.3. The van der Waals surface area contributed by atoms with Crippen LogP contribution in [0, 0.1) is 0 Å². The molecule has 1 fully saturated rings. The van der Waals surface area contributed by atoms with Crippen molar-refractivity contribution in [3.8, 4) is 11.6 Å². The number of methoxy groups -OCH3 is 1. The van der Waals surface area contributed by atoms with Gasteiger partial charge in [-0.25, -0.2) is 9.78 Å². The molecule has 1 atom stereocenters. The quantitative estimate of drug-likeness (QED) is 0.801. The summed E-state index contributed by atoms with van der Waals surface area (Å²) in [4.78, 5) is 17.8. The third-order valence-corrected chi connectivity index (χ3v) is 4.42. The van der Waals surface area contributed by atoms with Crippen molar-refractivity contribution < 1.29 is 27.4 Å². The molecule has 10 heteroatoms. The Morgan fingerprint density at radius 2 is 2.11 bits per heavy atom. The van der Waals surface area contributed by atoms with Crippen molar-refractivity contribution >= 4 is 23.3 Å². The smallest absolute Gasteiger partial charge is 0.416 e. The minimum Gasteiger partial charge on any atom is -0.495 e. The maximum atomic E-state index is 12.8. The Labute approximate surface area is 164 Å². The Morgan fingerprint density at radius 3 is 2.82 bits per heavy atom. The normalized spacial score (nSPS) is 16.8. The van der Waals surface area contributed by atoms with Gasteiger partial charge in [-0.15, -0.1) is 0 Å². The van der Waals surface area contributed by atoms with E-state index in [4.69, 9.17) is 21.1 Å². The van der Waals surface area contributed by atoms with Crippen LogP contribution in [0.25, 0.3) is 0 Å². The fraction of sp³-hybridized carbons (Fsp3) is 0.333. The summed E-state index contributed by atoms with van der Waals surface area (Å²) in [6, 6.07) is 6.17. The molecule has 0 saturated carbocycles. The van der Waals surface area contributed by atoms with Gasteiger partial charge in [-0.2, -0.15) is 13.2 Å². The van der Waals surface area contributed by atoms with Gasteiger partial charge in [0.2, 0.25) is 5.88 Å². The van der Waals surface area contributed by atoms with E-state index in [1.807, 2.05) is 0 Å². The number of likely N-dealkylation sites (tertiary alicyclic amines) is 1. The second-order valence-electron chi connectivity index (χ2n) is 6.13. The van der Waals surface area contributed by atoms with Gasteiger partial charge in [-0.3, -0.25) is 0 Å². The number of pyridine rings is 1. The average Bonchev–Trinajstić information content (AvgIpc) is 3.10. The summed E-state index contributed by atoms with van der Waals surface area (Å²) in [6.45, 7) is 0.602. The van der Waals surface area contributed by atoms with E-state index in [9.17, 15) is 18.0 Å². The molecule has 2 amide bonds. The zero-order valence-electron chi connectivity index (χ0n) is 14.8. The molecule has 2 aromatic rings. The third-order valence-electron chi connectivity index (χ3n) is 4.18. The molecule has 28 heavy (non-hydrogen) atoms. The number of benzene rings is 1. The maximum absolute atomic E-state index is 12.8. The predicted octanol–water partition coefficient (Wildman–Crippen LogP) is 4.45. The lowest BCUT2D eigenvalue weighted by atomic mass is 10.2. The molecule has 0 spiro atoms. The minimum atomic E-state index is -4.47. The molecule has 1 aliphatic heterocycles. The number of hydrogen-bond donors (Lipinski definition) is 1. The summed E-state index contributed by atoms with van der Waals surface area (Å²) in [5.74, 6) is 0.330. The highest BCUT2D eigenvalue weighted by Crippen LogP contribution is 2.31. The standard InChI is InChI=1S/C18H17ClF3N3O3/c1-27-15-3-2-12(19)9-14(15)24-17(26)25-7-5-13(10-25)28-16-8-11(4-6-23-16)18(20,21)22/h2-4,6,8-9,13H,5,7,10H2,1H3,(H,24,26). The Hall–Kier alpha value is -2.68. The van der Waals surface area contributed by atoms with Gasteiger partial charge in [0, 0.05) is 30.3 Å². The second kappa shape index (κ2) is 8.14. The molecule has 1 N–H and O–H groups in total. The van der Waals surface area contributed by atoms with Gasteiger partial charge in [0.15, 0.2) is 0 Å². The van der Waals surface area contributed by atoms with Crippen LogP contribution in [0.4, 0.5) is 23.7 Å². The van der Waals surface area contributed by atoms with E-state index in [1.165, 1.54) is 12.0 Å². The first-order valence-electron chi connectivity index (χ1n) is 8.35. The number of amides is 2. The number of nitrogens with zero attached hydrogens (tertiary/aromatic N) is 2. The van der Waals surface area contributed by atoms with E-state index in [2.05, 4.69) is 10.3 Å². The molecule has 1 unspecified atom stereocenters. The van der Waals surface area contributed by atoms with Crippen LogP contribution in [0.5, 0.6) is 11.6 Å². The van der Waals surface area contributed by atoms with Gasteiger partial charge >= 0.3 is 12.2 Å². The molecular formula is C18H17ClF3N3O3. The van der Waals surface area contributed by atoms with Crippen molar-refractivity contribution in [2.24, 2.45) is 0 Å². The van der Waals surface area contributed by atoms with Crippen molar-refractivity contribution in [2.75, 3.05) is 25.5 Å². The van der Waals surface area contributed by atoms with Crippen molar-refractivity contribution in [1.29, 1.82) is 0 Å². The van der Waals surface area contributed by atoms with Gasteiger partial charge in [0.1, 0.15) is 11.9 Å². The maximum Gasteiger partial charge on any atom is 0.416 e. The van der Waals surface area contributed by atoms with Crippen molar-refractivity contribution in [3.63, 3.8) is 0 Å². The number of carbonyl (C=O) groups excluding carboxylic acids is 1. The van der Waals surface area contributed by atoms with Crippen molar-refractivity contribution in [3.05, 3.63) is 47.1 Å². The molecule has 1 aliphatic rings. The Morgan fingerprint density at radius 1 is 1.32 bits per heavy atom. The van der Waals surface area contributed by atoms with Crippen LogP contribution in [-0.2, 0) is 6.18 Å². The first kappa shape index (κ1) is 20.1. The number of ether oxygens (including phenoxy) is 2. The Kier molecular flexibility index (Phi) is 5.83. The summed E-state index contributed by atoms with van der Waals surface area (Å²) in [5.41, 5.74) is -0.415. The highest BCUT2D eigenvalue weighted by Gasteiger charge is 2.32. The Bertz CT molecular complexity index is 863. The van der Waals surface area contributed by atoms with Crippen LogP contribution in [0.3, 0.4) is 0 Å². The Balaban J connectivity index is 1.61. The molecule has 0 bridgehead atoms.